The van der Waals surface area contributed by atoms with Crippen molar-refractivity contribution < 1.29 is 12.8 Å². The zero-order chi connectivity index (χ0) is 20.1. The Hall–Kier alpha value is -1.97. The zero-order valence-corrected chi connectivity index (χ0v) is 17.0. The van der Waals surface area contributed by atoms with Crippen molar-refractivity contribution in [2.45, 2.75) is 49.6 Å². The van der Waals surface area contributed by atoms with Gasteiger partial charge in [0.05, 0.1) is 10.7 Å². The summed E-state index contributed by atoms with van der Waals surface area (Å²) in [4.78, 5) is 7.06. The summed E-state index contributed by atoms with van der Waals surface area (Å²) in [6.07, 6.45) is 6.49. The molecule has 0 spiro atoms. The number of likely N-dealkylation sites (N-methyl/N-ethyl adjacent to an activating group) is 1. The van der Waals surface area contributed by atoms with Crippen molar-refractivity contribution in [3.05, 3.63) is 41.6 Å². The first kappa shape index (κ1) is 20.8. The third-order valence-electron chi connectivity index (χ3n) is 4.71. The first-order valence-corrected chi connectivity index (χ1v) is 11.0. The molecule has 3 N–H and O–H groups in total. The fourth-order valence-corrected chi connectivity index (χ4v) is 4.99. The van der Waals surface area contributed by atoms with Crippen LogP contribution in [0, 0.1) is 5.82 Å². The zero-order valence-electron chi connectivity index (χ0n) is 15.5. The Kier molecular flexibility index (Phi) is 6.69. The van der Waals surface area contributed by atoms with E-state index < -0.39 is 20.7 Å². The molecule has 1 aliphatic rings. The van der Waals surface area contributed by atoms with Crippen LogP contribution < -0.4 is 15.4 Å². The molecule has 1 heterocycles. The SMILES string of the molecule is CCN[C@H]1CCCC[C@@H]1Nc1c(Cl)ccc(F)c1S(=O)(=O)Nc1ccncn1. The minimum absolute atomic E-state index is 0.0449. The molecular weight excluding hydrogens is 405 g/mol. The highest BCUT2D eigenvalue weighted by molar-refractivity contribution is 7.92. The molecule has 1 fully saturated rings. The van der Waals surface area contributed by atoms with Crippen LogP contribution in [-0.4, -0.2) is 37.0 Å². The largest absolute Gasteiger partial charge is 0.378 e. The lowest BCUT2D eigenvalue weighted by Gasteiger charge is -2.34. The van der Waals surface area contributed by atoms with Crippen LogP contribution in [0.15, 0.2) is 35.6 Å². The van der Waals surface area contributed by atoms with Gasteiger partial charge in [-0.25, -0.2) is 22.8 Å². The fraction of sp³-hybridized carbons (Fsp3) is 0.444. The summed E-state index contributed by atoms with van der Waals surface area (Å²) in [7, 11) is -4.26. The van der Waals surface area contributed by atoms with E-state index in [1.165, 1.54) is 24.7 Å². The normalized spacial score (nSPS) is 20.0. The Bertz CT molecular complexity index is 912. The molecule has 2 atom stereocenters. The number of anilines is 2. The van der Waals surface area contributed by atoms with Gasteiger partial charge in [0.25, 0.3) is 10.0 Å². The molecule has 1 aromatic carbocycles. The van der Waals surface area contributed by atoms with E-state index in [1.807, 2.05) is 6.92 Å². The van der Waals surface area contributed by atoms with Crippen molar-refractivity contribution in [3.8, 4) is 0 Å². The number of nitrogens with zero attached hydrogens (tertiary/aromatic N) is 2. The predicted molar refractivity (Wildman–Crippen MR) is 108 cm³/mol. The Labute approximate surface area is 169 Å². The van der Waals surface area contributed by atoms with Crippen molar-refractivity contribution in [1.82, 2.24) is 15.3 Å². The minimum atomic E-state index is -4.26. The molecule has 0 unspecified atom stereocenters. The molecule has 1 aliphatic carbocycles. The molecular formula is C18H23ClFN5O2S. The van der Waals surface area contributed by atoms with Gasteiger partial charge < -0.3 is 10.6 Å². The third kappa shape index (κ3) is 4.71. The summed E-state index contributed by atoms with van der Waals surface area (Å²) in [6, 6.07) is 3.89. The fourth-order valence-electron chi connectivity index (χ4n) is 3.47. The number of nitrogens with one attached hydrogen (secondary N) is 3. The van der Waals surface area contributed by atoms with Gasteiger partial charge in [0.2, 0.25) is 0 Å². The van der Waals surface area contributed by atoms with Crippen molar-refractivity contribution >= 4 is 33.1 Å². The molecule has 28 heavy (non-hydrogen) atoms. The van der Waals surface area contributed by atoms with Crippen LogP contribution in [0.4, 0.5) is 15.9 Å². The molecule has 7 nitrogen and oxygen atoms in total. The Balaban J connectivity index is 1.97. The lowest BCUT2D eigenvalue weighted by molar-refractivity contribution is 0.348. The molecule has 10 heteroatoms. The Morgan fingerprint density at radius 3 is 2.64 bits per heavy atom. The standard InChI is InChI=1S/C18H23ClFN5O2S/c1-2-22-14-5-3-4-6-15(14)24-17-12(19)7-8-13(20)18(17)28(26,27)25-16-9-10-21-11-23-16/h7-11,14-15,22,24H,2-6H2,1H3,(H,21,23,25)/t14-,15-/m0/s1. The molecule has 2 aromatic rings. The van der Waals surface area contributed by atoms with E-state index >= 15 is 0 Å². The minimum Gasteiger partial charge on any atom is -0.378 e. The highest BCUT2D eigenvalue weighted by Gasteiger charge is 2.30. The molecule has 0 radical (unpaired) electrons. The van der Waals surface area contributed by atoms with E-state index in [2.05, 4.69) is 25.3 Å². The van der Waals surface area contributed by atoms with Gasteiger partial charge >= 0.3 is 0 Å². The quantitative estimate of drug-likeness (QED) is 0.626. The van der Waals surface area contributed by atoms with Gasteiger partial charge in [-0.3, -0.25) is 4.72 Å². The summed E-state index contributed by atoms with van der Waals surface area (Å²) < 4.78 is 42.8. The number of hydrogen-bond acceptors (Lipinski definition) is 6. The van der Waals surface area contributed by atoms with E-state index in [1.54, 1.807) is 0 Å². The smallest absolute Gasteiger partial charge is 0.268 e. The number of benzene rings is 1. The maximum atomic E-state index is 14.7. The van der Waals surface area contributed by atoms with Crippen LogP contribution >= 0.6 is 11.6 Å². The first-order valence-electron chi connectivity index (χ1n) is 9.19. The number of sulfonamides is 1. The maximum Gasteiger partial charge on any atom is 0.268 e. The number of halogens is 2. The molecule has 1 saturated carbocycles. The van der Waals surface area contributed by atoms with Crippen molar-refractivity contribution in [3.63, 3.8) is 0 Å². The van der Waals surface area contributed by atoms with Gasteiger partial charge in [-0.1, -0.05) is 31.4 Å². The van der Waals surface area contributed by atoms with Gasteiger partial charge in [-0.05, 0) is 37.6 Å². The van der Waals surface area contributed by atoms with E-state index in [9.17, 15) is 12.8 Å². The number of rotatable bonds is 7. The van der Waals surface area contributed by atoms with Gasteiger partial charge in [-0.15, -0.1) is 0 Å². The third-order valence-corrected chi connectivity index (χ3v) is 6.44. The second-order valence-corrected chi connectivity index (χ2v) is 8.66. The van der Waals surface area contributed by atoms with Gasteiger partial charge in [-0.2, -0.15) is 0 Å². The van der Waals surface area contributed by atoms with E-state index in [0.717, 1.165) is 38.3 Å². The molecule has 1 aromatic heterocycles. The maximum absolute atomic E-state index is 14.7. The summed E-state index contributed by atoms with van der Waals surface area (Å²) in [5, 5.41) is 6.75. The lowest BCUT2D eigenvalue weighted by Crippen LogP contribution is -2.46. The predicted octanol–water partition coefficient (Wildman–Crippen LogP) is 3.40. The highest BCUT2D eigenvalue weighted by Crippen LogP contribution is 2.35. The van der Waals surface area contributed by atoms with Crippen LogP contribution in [0.5, 0.6) is 0 Å². The highest BCUT2D eigenvalue weighted by atomic mass is 35.5. The molecule has 0 amide bonds. The monoisotopic (exact) mass is 427 g/mol. The average molecular weight is 428 g/mol. The molecule has 0 saturated heterocycles. The summed E-state index contributed by atoms with van der Waals surface area (Å²) in [6.45, 7) is 2.81. The summed E-state index contributed by atoms with van der Waals surface area (Å²) in [5.41, 5.74) is 0.0676. The van der Waals surface area contributed by atoms with Crippen LogP contribution in [0.25, 0.3) is 0 Å². The van der Waals surface area contributed by atoms with Crippen molar-refractivity contribution in [1.29, 1.82) is 0 Å². The van der Waals surface area contributed by atoms with Crippen LogP contribution in [-0.2, 0) is 10.0 Å². The van der Waals surface area contributed by atoms with Crippen LogP contribution in [0.2, 0.25) is 5.02 Å². The van der Waals surface area contributed by atoms with E-state index in [-0.39, 0.29) is 28.6 Å². The van der Waals surface area contributed by atoms with Gasteiger partial charge in [0, 0.05) is 18.3 Å². The van der Waals surface area contributed by atoms with Gasteiger partial charge in [0.1, 0.15) is 22.9 Å². The second-order valence-electron chi connectivity index (χ2n) is 6.63. The lowest BCUT2D eigenvalue weighted by atomic mass is 9.90. The van der Waals surface area contributed by atoms with E-state index in [0.29, 0.717) is 0 Å². The van der Waals surface area contributed by atoms with Gasteiger partial charge in [0.15, 0.2) is 0 Å². The molecule has 152 valence electrons. The van der Waals surface area contributed by atoms with Crippen molar-refractivity contribution in [2.24, 2.45) is 0 Å². The van der Waals surface area contributed by atoms with Crippen LogP contribution in [0.1, 0.15) is 32.6 Å². The summed E-state index contributed by atoms with van der Waals surface area (Å²) in [5.74, 6) is -0.840. The Morgan fingerprint density at radius 1 is 1.21 bits per heavy atom. The summed E-state index contributed by atoms with van der Waals surface area (Å²) >= 11 is 6.29. The molecule has 0 aliphatic heterocycles. The van der Waals surface area contributed by atoms with Crippen molar-refractivity contribution in [2.75, 3.05) is 16.6 Å². The topological polar surface area (TPSA) is 96.0 Å². The molecule has 3 rings (SSSR count). The second kappa shape index (κ2) is 9.02. The number of aromatic nitrogens is 2. The van der Waals surface area contributed by atoms with E-state index in [4.69, 9.17) is 11.6 Å². The molecule has 0 bridgehead atoms. The Morgan fingerprint density at radius 2 is 1.96 bits per heavy atom. The van der Waals surface area contributed by atoms with Crippen LogP contribution in [0.3, 0.4) is 0 Å². The first-order chi connectivity index (χ1) is 13.4. The number of hydrogen-bond donors (Lipinski definition) is 3. The average Bonchev–Trinajstić information content (AvgIpc) is 2.66.